The van der Waals surface area contributed by atoms with Crippen LogP contribution in [0.15, 0.2) is 24.3 Å². The van der Waals surface area contributed by atoms with Crippen LogP contribution in [0.1, 0.15) is 49.0 Å². The van der Waals surface area contributed by atoms with Gasteiger partial charge in [0.05, 0.1) is 0 Å². The van der Waals surface area contributed by atoms with Gasteiger partial charge >= 0.3 is 0 Å². The third-order valence-corrected chi connectivity index (χ3v) is 4.22. The van der Waals surface area contributed by atoms with Crippen LogP contribution in [-0.2, 0) is 11.3 Å². The van der Waals surface area contributed by atoms with Gasteiger partial charge in [-0.25, -0.2) is 0 Å². The molecule has 0 spiro atoms. The smallest absolute Gasteiger partial charge is 0.251 e. The van der Waals surface area contributed by atoms with E-state index >= 15 is 0 Å². The molecule has 134 valence electrons. The highest BCUT2D eigenvalue weighted by Crippen LogP contribution is 2.14. The Labute approximate surface area is 150 Å². The third kappa shape index (κ3) is 5.80. The summed E-state index contributed by atoms with van der Waals surface area (Å²) in [6, 6.07) is 7.50. The maximum absolute atomic E-state index is 12.3. The number of halogens is 1. The molecule has 3 N–H and O–H groups in total. The van der Waals surface area contributed by atoms with Crippen molar-refractivity contribution in [3.8, 4) is 0 Å². The van der Waals surface area contributed by atoms with Crippen LogP contribution in [-0.4, -0.2) is 35.8 Å². The van der Waals surface area contributed by atoms with E-state index in [0.29, 0.717) is 24.4 Å². The van der Waals surface area contributed by atoms with Gasteiger partial charge in [-0.2, -0.15) is 0 Å². The standard InChI is InChI=1S/C18H27N3O2.ClH/c1-13(2)11-17(22)21-9-7-16(8-10-21)20-18(23)15-5-3-14(12-19)4-6-15;/h3-6,13,16H,7-12,19H2,1-2H3,(H,20,23);1H. The number of carbonyl (C=O) groups is 2. The summed E-state index contributed by atoms with van der Waals surface area (Å²) < 4.78 is 0. The van der Waals surface area contributed by atoms with E-state index in [1.165, 1.54) is 0 Å². The van der Waals surface area contributed by atoms with E-state index in [4.69, 9.17) is 5.73 Å². The molecule has 1 aliphatic heterocycles. The molecule has 1 fully saturated rings. The van der Waals surface area contributed by atoms with Gasteiger partial charge in [-0.1, -0.05) is 26.0 Å². The first-order valence-corrected chi connectivity index (χ1v) is 8.37. The molecule has 24 heavy (non-hydrogen) atoms. The van der Waals surface area contributed by atoms with E-state index in [9.17, 15) is 9.59 Å². The maximum Gasteiger partial charge on any atom is 0.251 e. The minimum atomic E-state index is -0.0551. The van der Waals surface area contributed by atoms with Crippen LogP contribution >= 0.6 is 12.4 Å². The number of piperidine rings is 1. The summed E-state index contributed by atoms with van der Waals surface area (Å²) in [6.45, 7) is 6.04. The number of carbonyl (C=O) groups excluding carboxylic acids is 2. The van der Waals surface area contributed by atoms with Gasteiger partial charge in [0, 0.05) is 37.7 Å². The second-order valence-electron chi connectivity index (χ2n) is 6.63. The molecule has 2 amide bonds. The van der Waals surface area contributed by atoms with Crippen molar-refractivity contribution in [3.63, 3.8) is 0 Å². The summed E-state index contributed by atoms with van der Waals surface area (Å²) in [6.07, 6.45) is 2.23. The molecule has 0 saturated carbocycles. The predicted octanol–water partition coefficient (Wildman–Crippen LogP) is 2.33. The number of benzene rings is 1. The average Bonchev–Trinajstić information content (AvgIpc) is 2.55. The second kappa shape index (κ2) is 9.64. The molecule has 0 atom stereocenters. The Morgan fingerprint density at radius 2 is 1.79 bits per heavy atom. The van der Waals surface area contributed by atoms with Gasteiger partial charge in [0.1, 0.15) is 0 Å². The number of likely N-dealkylation sites (tertiary alicyclic amines) is 1. The van der Waals surface area contributed by atoms with Crippen LogP contribution in [0.3, 0.4) is 0 Å². The van der Waals surface area contributed by atoms with Crippen LogP contribution in [0.4, 0.5) is 0 Å². The number of nitrogens with one attached hydrogen (secondary N) is 1. The first kappa shape index (κ1) is 20.5. The Balaban J connectivity index is 0.00000288. The lowest BCUT2D eigenvalue weighted by molar-refractivity contribution is -0.133. The molecule has 2 rings (SSSR count). The van der Waals surface area contributed by atoms with Crippen LogP contribution in [0.25, 0.3) is 0 Å². The molecule has 0 aromatic heterocycles. The Morgan fingerprint density at radius 1 is 1.21 bits per heavy atom. The van der Waals surface area contributed by atoms with Crippen molar-refractivity contribution < 1.29 is 9.59 Å². The van der Waals surface area contributed by atoms with Gasteiger partial charge in [-0.05, 0) is 36.5 Å². The third-order valence-electron chi connectivity index (χ3n) is 4.22. The summed E-state index contributed by atoms with van der Waals surface area (Å²) in [5.41, 5.74) is 7.23. The fraction of sp³-hybridized carbons (Fsp3) is 0.556. The normalized spacial score (nSPS) is 15.1. The van der Waals surface area contributed by atoms with Gasteiger partial charge in [-0.15, -0.1) is 12.4 Å². The number of rotatable bonds is 5. The first-order valence-electron chi connectivity index (χ1n) is 8.37. The van der Waals surface area contributed by atoms with Crippen LogP contribution < -0.4 is 11.1 Å². The van der Waals surface area contributed by atoms with Crippen molar-refractivity contribution in [3.05, 3.63) is 35.4 Å². The zero-order chi connectivity index (χ0) is 16.8. The average molecular weight is 354 g/mol. The first-order chi connectivity index (χ1) is 11.0. The van der Waals surface area contributed by atoms with Crippen molar-refractivity contribution in [2.75, 3.05) is 13.1 Å². The topological polar surface area (TPSA) is 75.4 Å². The van der Waals surface area contributed by atoms with Crippen LogP contribution in [0.5, 0.6) is 0 Å². The van der Waals surface area contributed by atoms with Gasteiger partial charge < -0.3 is 16.0 Å². The Kier molecular flexibility index (Phi) is 8.22. The molecule has 1 heterocycles. The Hall–Kier alpha value is -1.59. The van der Waals surface area contributed by atoms with Crippen molar-refractivity contribution in [2.24, 2.45) is 11.7 Å². The van der Waals surface area contributed by atoms with E-state index in [1.807, 2.05) is 17.0 Å². The van der Waals surface area contributed by atoms with E-state index < -0.39 is 0 Å². The maximum atomic E-state index is 12.3. The SMILES string of the molecule is CC(C)CC(=O)N1CCC(NC(=O)c2ccc(CN)cc2)CC1.Cl. The molecule has 0 unspecified atom stereocenters. The molecule has 0 radical (unpaired) electrons. The van der Waals surface area contributed by atoms with Crippen molar-refractivity contribution in [1.29, 1.82) is 0 Å². The number of nitrogens with two attached hydrogens (primary N) is 1. The largest absolute Gasteiger partial charge is 0.349 e. The number of hydrogen-bond donors (Lipinski definition) is 2. The number of amides is 2. The summed E-state index contributed by atoms with van der Waals surface area (Å²) in [5.74, 6) is 0.555. The van der Waals surface area contributed by atoms with E-state index in [0.717, 1.165) is 31.5 Å². The molecule has 6 heteroatoms. The lowest BCUT2D eigenvalue weighted by Crippen LogP contribution is -2.46. The van der Waals surface area contributed by atoms with Gasteiger partial charge in [0.25, 0.3) is 5.91 Å². The number of nitrogens with zero attached hydrogens (tertiary/aromatic N) is 1. The van der Waals surface area contributed by atoms with Crippen LogP contribution in [0.2, 0.25) is 0 Å². The Bertz CT molecular complexity index is 538. The van der Waals surface area contributed by atoms with Crippen molar-refractivity contribution in [1.82, 2.24) is 10.2 Å². The lowest BCUT2D eigenvalue weighted by Gasteiger charge is -2.32. The highest BCUT2D eigenvalue weighted by Gasteiger charge is 2.24. The molecule has 5 nitrogen and oxygen atoms in total. The summed E-state index contributed by atoms with van der Waals surface area (Å²) in [7, 11) is 0. The van der Waals surface area contributed by atoms with Crippen LogP contribution in [0, 0.1) is 5.92 Å². The molecule has 1 saturated heterocycles. The van der Waals surface area contributed by atoms with Gasteiger partial charge in [0.15, 0.2) is 0 Å². The van der Waals surface area contributed by atoms with E-state index in [1.54, 1.807) is 12.1 Å². The summed E-state index contributed by atoms with van der Waals surface area (Å²) in [5, 5.41) is 3.06. The fourth-order valence-electron chi connectivity index (χ4n) is 2.81. The highest BCUT2D eigenvalue weighted by molar-refractivity contribution is 5.94. The van der Waals surface area contributed by atoms with E-state index in [2.05, 4.69) is 19.2 Å². The molecule has 1 aromatic carbocycles. The minimum Gasteiger partial charge on any atom is -0.349 e. The number of hydrogen-bond acceptors (Lipinski definition) is 3. The molecule has 0 aliphatic carbocycles. The van der Waals surface area contributed by atoms with Gasteiger partial charge in [0.2, 0.25) is 5.91 Å². The molecule has 1 aliphatic rings. The molecule has 1 aromatic rings. The quantitative estimate of drug-likeness (QED) is 0.853. The lowest BCUT2D eigenvalue weighted by atomic mass is 10.0. The Morgan fingerprint density at radius 3 is 2.29 bits per heavy atom. The predicted molar refractivity (Wildman–Crippen MR) is 98.1 cm³/mol. The molecular formula is C18H28ClN3O2. The van der Waals surface area contributed by atoms with Gasteiger partial charge in [-0.3, -0.25) is 9.59 Å². The molecule has 0 bridgehead atoms. The van der Waals surface area contributed by atoms with E-state index in [-0.39, 0.29) is 30.3 Å². The highest BCUT2D eigenvalue weighted by atomic mass is 35.5. The summed E-state index contributed by atoms with van der Waals surface area (Å²) >= 11 is 0. The monoisotopic (exact) mass is 353 g/mol. The molecular weight excluding hydrogens is 326 g/mol. The van der Waals surface area contributed by atoms with Crippen molar-refractivity contribution in [2.45, 2.75) is 45.7 Å². The second-order valence-corrected chi connectivity index (χ2v) is 6.63. The van der Waals surface area contributed by atoms with Crippen molar-refractivity contribution >= 4 is 24.2 Å². The minimum absolute atomic E-state index is 0. The fourth-order valence-corrected chi connectivity index (χ4v) is 2.81. The zero-order valence-electron chi connectivity index (χ0n) is 14.5. The summed E-state index contributed by atoms with van der Waals surface area (Å²) in [4.78, 5) is 26.2. The zero-order valence-corrected chi connectivity index (χ0v) is 15.3.